The highest BCUT2D eigenvalue weighted by molar-refractivity contribution is 5.84. The van der Waals surface area contributed by atoms with Gasteiger partial charge in [-0.15, -0.1) is 5.10 Å². The number of likely N-dealkylation sites (tertiary alicyclic amines) is 1. The molecule has 0 saturated carbocycles. The van der Waals surface area contributed by atoms with Crippen LogP contribution in [0.4, 0.5) is 0 Å². The zero-order valence-electron chi connectivity index (χ0n) is 12.2. The Labute approximate surface area is 123 Å². The van der Waals surface area contributed by atoms with Crippen LogP contribution in [0.15, 0.2) is 6.20 Å². The molecule has 0 bridgehead atoms. The maximum Gasteiger partial charge on any atom is 0.328 e. The third kappa shape index (κ3) is 3.78. The van der Waals surface area contributed by atoms with Gasteiger partial charge in [-0.1, -0.05) is 5.21 Å². The first-order valence-electron chi connectivity index (χ1n) is 7.21. The molecule has 1 atom stereocenters. The minimum Gasteiger partial charge on any atom is -0.464 e. The van der Waals surface area contributed by atoms with E-state index in [1.807, 2.05) is 0 Å². The average molecular weight is 295 g/mol. The molecule has 0 aliphatic carbocycles. The van der Waals surface area contributed by atoms with E-state index in [4.69, 9.17) is 10.5 Å². The minimum atomic E-state index is -0.483. The Morgan fingerprint density at radius 2 is 2.29 bits per heavy atom. The Kier molecular flexibility index (Phi) is 5.26. The van der Waals surface area contributed by atoms with Gasteiger partial charge in [0.15, 0.2) is 0 Å². The van der Waals surface area contributed by atoms with Gasteiger partial charge in [-0.3, -0.25) is 4.79 Å². The number of carbonyl (C=O) groups excluding carboxylic acids is 2. The molecule has 1 unspecified atom stereocenters. The quantitative estimate of drug-likeness (QED) is 0.747. The SMILES string of the molecule is CCOC(=O)C1CCCCN1C(=O)Cn1cc(CN)nn1. The summed E-state index contributed by atoms with van der Waals surface area (Å²) in [6.45, 7) is 2.99. The average Bonchev–Trinajstić information content (AvgIpc) is 2.95. The first-order chi connectivity index (χ1) is 10.2. The molecule has 8 nitrogen and oxygen atoms in total. The van der Waals surface area contributed by atoms with E-state index in [2.05, 4.69) is 10.3 Å². The van der Waals surface area contributed by atoms with Gasteiger partial charge >= 0.3 is 5.97 Å². The van der Waals surface area contributed by atoms with Crippen molar-refractivity contribution in [3.05, 3.63) is 11.9 Å². The zero-order chi connectivity index (χ0) is 15.2. The van der Waals surface area contributed by atoms with Crippen LogP contribution < -0.4 is 5.73 Å². The molecule has 21 heavy (non-hydrogen) atoms. The predicted octanol–water partition coefficient (Wildman–Crippen LogP) is -0.319. The maximum atomic E-state index is 12.4. The van der Waals surface area contributed by atoms with Crippen LogP contribution >= 0.6 is 0 Å². The number of amides is 1. The second-order valence-electron chi connectivity index (χ2n) is 4.96. The molecule has 1 aliphatic rings. The van der Waals surface area contributed by atoms with Gasteiger partial charge in [0.25, 0.3) is 0 Å². The van der Waals surface area contributed by atoms with Crippen LogP contribution in [0.25, 0.3) is 0 Å². The van der Waals surface area contributed by atoms with E-state index in [0.29, 0.717) is 25.3 Å². The van der Waals surface area contributed by atoms with Crippen molar-refractivity contribution in [1.29, 1.82) is 0 Å². The van der Waals surface area contributed by atoms with E-state index in [-0.39, 0.29) is 25.0 Å². The highest BCUT2D eigenvalue weighted by Crippen LogP contribution is 2.18. The van der Waals surface area contributed by atoms with Crippen molar-refractivity contribution in [2.24, 2.45) is 5.73 Å². The summed E-state index contributed by atoms with van der Waals surface area (Å²) in [4.78, 5) is 25.9. The smallest absolute Gasteiger partial charge is 0.328 e. The van der Waals surface area contributed by atoms with Gasteiger partial charge in [-0.2, -0.15) is 0 Å². The molecule has 0 aromatic carbocycles. The van der Waals surface area contributed by atoms with Gasteiger partial charge in [0.2, 0.25) is 5.91 Å². The van der Waals surface area contributed by atoms with Crippen LogP contribution in [-0.4, -0.2) is 51.0 Å². The fourth-order valence-corrected chi connectivity index (χ4v) is 2.45. The van der Waals surface area contributed by atoms with E-state index in [1.165, 1.54) is 4.68 Å². The molecule has 116 valence electrons. The summed E-state index contributed by atoms with van der Waals surface area (Å²) >= 11 is 0. The number of hydrogen-bond donors (Lipinski definition) is 1. The lowest BCUT2D eigenvalue weighted by molar-refractivity contribution is -0.156. The van der Waals surface area contributed by atoms with Gasteiger partial charge in [0.1, 0.15) is 12.6 Å². The lowest BCUT2D eigenvalue weighted by Crippen LogP contribution is -2.49. The molecule has 1 fully saturated rings. The van der Waals surface area contributed by atoms with Crippen LogP contribution in [0.5, 0.6) is 0 Å². The van der Waals surface area contributed by atoms with Crippen molar-refractivity contribution in [2.75, 3.05) is 13.2 Å². The molecule has 2 heterocycles. The fraction of sp³-hybridized carbons (Fsp3) is 0.692. The monoisotopic (exact) mass is 295 g/mol. The lowest BCUT2D eigenvalue weighted by atomic mass is 10.0. The van der Waals surface area contributed by atoms with Crippen LogP contribution in [0, 0.1) is 0 Å². The Morgan fingerprint density at radius 3 is 2.95 bits per heavy atom. The third-order valence-corrected chi connectivity index (χ3v) is 3.47. The largest absolute Gasteiger partial charge is 0.464 e. The van der Waals surface area contributed by atoms with Crippen molar-refractivity contribution < 1.29 is 14.3 Å². The van der Waals surface area contributed by atoms with E-state index in [0.717, 1.165) is 12.8 Å². The number of nitrogens with two attached hydrogens (primary N) is 1. The normalized spacial score (nSPS) is 18.6. The Bertz CT molecular complexity index is 502. The molecular formula is C13H21N5O3. The zero-order valence-corrected chi connectivity index (χ0v) is 12.2. The van der Waals surface area contributed by atoms with Gasteiger partial charge < -0.3 is 15.4 Å². The Balaban J connectivity index is 2.02. The molecule has 1 aliphatic heterocycles. The van der Waals surface area contributed by atoms with Crippen LogP contribution in [0.2, 0.25) is 0 Å². The molecule has 1 aromatic heterocycles. The Hall–Kier alpha value is -1.96. The van der Waals surface area contributed by atoms with Crippen LogP contribution in [0.3, 0.4) is 0 Å². The number of hydrogen-bond acceptors (Lipinski definition) is 6. The number of rotatable bonds is 5. The molecule has 0 radical (unpaired) electrons. The number of carbonyl (C=O) groups is 2. The van der Waals surface area contributed by atoms with Gasteiger partial charge in [0.05, 0.1) is 18.5 Å². The van der Waals surface area contributed by atoms with Gasteiger partial charge in [0, 0.05) is 13.1 Å². The van der Waals surface area contributed by atoms with Crippen molar-refractivity contribution in [2.45, 2.75) is 45.3 Å². The number of aromatic nitrogens is 3. The second kappa shape index (κ2) is 7.16. The summed E-state index contributed by atoms with van der Waals surface area (Å²) < 4.78 is 6.50. The summed E-state index contributed by atoms with van der Waals surface area (Å²) in [6, 6.07) is -0.483. The van der Waals surface area contributed by atoms with E-state index >= 15 is 0 Å². The molecule has 1 amide bonds. The summed E-state index contributed by atoms with van der Waals surface area (Å²) in [7, 11) is 0. The van der Waals surface area contributed by atoms with E-state index in [1.54, 1.807) is 18.0 Å². The Morgan fingerprint density at radius 1 is 1.48 bits per heavy atom. The minimum absolute atomic E-state index is 0.0584. The third-order valence-electron chi connectivity index (χ3n) is 3.47. The molecule has 8 heteroatoms. The van der Waals surface area contributed by atoms with E-state index in [9.17, 15) is 9.59 Å². The highest BCUT2D eigenvalue weighted by atomic mass is 16.5. The maximum absolute atomic E-state index is 12.4. The number of esters is 1. The van der Waals surface area contributed by atoms with E-state index < -0.39 is 6.04 Å². The second-order valence-corrected chi connectivity index (χ2v) is 4.96. The van der Waals surface area contributed by atoms with Crippen LogP contribution in [-0.2, 0) is 27.4 Å². The van der Waals surface area contributed by atoms with Crippen molar-refractivity contribution in [3.8, 4) is 0 Å². The van der Waals surface area contributed by atoms with Crippen molar-refractivity contribution in [1.82, 2.24) is 19.9 Å². The van der Waals surface area contributed by atoms with Crippen molar-refractivity contribution >= 4 is 11.9 Å². The van der Waals surface area contributed by atoms with Crippen LogP contribution in [0.1, 0.15) is 31.9 Å². The topological polar surface area (TPSA) is 103 Å². The number of nitrogens with zero attached hydrogens (tertiary/aromatic N) is 4. The molecule has 1 saturated heterocycles. The molecule has 1 aromatic rings. The summed E-state index contributed by atoms with van der Waals surface area (Å²) in [5.41, 5.74) is 6.09. The standard InChI is InChI=1S/C13H21N5O3/c1-2-21-13(20)11-5-3-4-6-18(11)12(19)9-17-8-10(7-14)15-16-17/h8,11H,2-7,9,14H2,1H3. The molecule has 0 spiro atoms. The molecule has 2 N–H and O–H groups in total. The lowest BCUT2D eigenvalue weighted by Gasteiger charge is -2.33. The van der Waals surface area contributed by atoms with Gasteiger partial charge in [-0.25, -0.2) is 9.48 Å². The number of piperidine rings is 1. The summed E-state index contributed by atoms with van der Waals surface area (Å²) in [5, 5.41) is 7.69. The summed E-state index contributed by atoms with van der Waals surface area (Å²) in [6.07, 6.45) is 4.11. The predicted molar refractivity (Wildman–Crippen MR) is 73.9 cm³/mol. The van der Waals surface area contributed by atoms with Crippen molar-refractivity contribution in [3.63, 3.8) is 0 Å². The first-order valence-corrected chi connectivity index (χ1v) is 7.21. The molecule has 2 rings (SSSR count). The number of ether oxygens (including phenoxy) is 1. The summed E-state index contributed by atoms with van der Waals surface area (Å²) in [5.74, 6) is -0.479. The highest BCUT2D eigenvalue weighted by Gasteiger charge is 2.33. The first kappa shape index (κ1) is 15.4. The van der Waals surface area contributed by atoms with Gasteiger partial charge in [-0.05, 0) is 26.2 Å². The molecular weight excluding hydrogens is 274 g/mol. The fourth-order valence-electron chi connectivity index (χ4n) is 2.45.